The Morgan fingerprint density at radius 1 is 1.10 bits per heavy atom. The van der Waals surface area contributed by atoms with Gasteiger partial charge >= 0.3 is 0 Å². The first-order valence-electron chi connectivity index (χ1n) is 10.2. The van der Waals surface area contributed by atoms with E-state index in [2.05, 4.69) is 49.1 Å². The maximum atomic E-state index is 14.3. The molecular formula is C21H27FN8S. The van der Waals surface area contributed by atoms with E-state index in [0.29, 0.717) is 17.0 Å². The summed E-state index contributed by atoms with van der Waals surface area (Å²) >= 11 is 1.44. The average Bonchev–Trinajstić information content (AvgIpc) is 3.21. The zero-order valence-electron chi connectivity index (χ0n) is 18.2. The van der Waals surface area contributed by atoms with Crippen LogP contribution in [-0.4, -0.2) is 65.1 Å². The summed E-state index contributed by atoms with van der Waals surface area (Å²) in [5.41, 5.74) is 1.98. The van der Waals surface area contributed by atoms with Gasteiger partial charge in [-0.25, -0.2) is 19.3 Å². The van der Waals surface area contributed by atoms with Crippen LogP contribution in [0, 0.1) is 12.7 Å². The molecule has 3 aromatic heterocycles. The van der Waals surface area contributed by atoms with E-state index in [-0.39, 0.29) is 11.8 Å². The van der Waals surface area contributed by atoms with Crippen molar-refractivity contribution in [3.05, 3.63) is 41.4 Å². The lowest BCUT2D eigenvalue weighted by Crippen LogP contribution is -2.42. The van der Waals surface area contributed by atoms with Crippen molar-refractivity contribution in [2.75, 3.05) is 49.3 Å². The number of nitrogens with zero attached hydrogens (tertiary/aromatic N) is 7. The van der Waals surface area contributed by atoms with E-state index in [1.54, 1.807) is 11.9 Å². The van der Waals surface area contributed by atoms with Gasteiger partial charge in [0.15, 0.2) is 16.8 Å². The van der Waals surface area contributed by atoms with Crippen LogP contribution in [0.25, 0.3) is 0 Å². The Labute approximate surface area is 185 Å². The number of anilines is 5. The fourth-order valence-corrected chi connectivity index (χ4v) is 4.41. The molecule has 4 heterocycles. The van der Waals surface area contributed by atoms with E-state index in [4.69, 9.17) is 0 Å². The van der Waals surface area contributed by atoms with Crippen molar-refractivity contribution >= 4 is 39.7 Å². The van der Waals surface area contributed by atoms with Crippen molar-refractivity contribution in [1.29, 1.82) is 0 Å². The number of aromatic nitrogens is 4. The molecule has 0 amide bonds. The SMILES string of the molecule is Cc1csc(N(C)c2nc(Nc3ccc(N4CCC(N(C)C)CC4)cn3)ncc2F)n1. The monoisotopic (exact) mass is 442 g/mol. The highest BCUT2D eigenvalue weighted by Crippen LogP contribution is 2.28. The Hall–Kier alpha value is -2.85. The van der Waals surface area contributed by atoms with Gasteiger partial charge in [-0.1, -0.05) is 0 Å². The lowest BCUT2D eigenvalue weighted by Gasteiger charge is -2.36. The Kier molecular flexibility index (Phi) is 6.28. The molecule has 0 radical (unpaired) electrons. The van der Waals surface area contributed by atoms with Crippen molar-refractivity contribution in [1.82, 2.24) is 24.8 Å². The van der Waals surface area contributed by atoms with Crippen molar-refractivity contribution in [3.8, 4) is 0 Å². The molecule has 0 unspecified atom stereocenters. The molecule has 3 aromatic rings. The van der Waals surface area contributed by atoms with Crippen molar-refractivity contribution < 1.29 is 4.39 Å². The molecule has 0 bridgehead atoms. The third-order valence-corrected chi connectivity index (χ3v) is 6.52. The lowest BCUT2D eigenvalue weighted by molar-refractivity contribution is 0.249. The predicted molar refractivity (Wildman–Crippen MR) is 123 cm³/mol. The van der Waals surface area contributed by atoms with Crippen LogP contribution in [0.15, 0.2) is 29.9 Å². The van der Waals surface area contributed by atoms with E-state index >= 15 is 0 Å². The smallest absolute Gasteiger partial charge is 0.230 e. The normalized spacial score (nSPS) is 14.8. The van der Waals surface area contributed by atoms with Crippen LogP contribution in [0.2, 0.25) is 0 Å². The van der Waals surface area contributed by atoms with Gasteiger partial charge in [0.05, 0.1) is 23.8 Å². The second-order valence-corrected chi connectivity index (χ2v) is 8.74. The van der Waals surface area contributed by atoms with Crippen LogP contribution in [0.5, 0.6) is 0 Å². The van der Waals surface area contributed by atoms with Crippen molar-refractivity contribution in [2.45, 2.75) is 25.8 Å². The summed E-state index contributed by atoms with van der Waals surface area (Å²) in [6.07, 6.45) is 5.30. The number of piperidine rings is 1. The molecular weight excluding hydrogens is 415 g/mol. The first-order chi connectivity index (χ1) is 14.9. The molecule has 31 heavy (non-hydrogen) atoms. The highest BCUT2D eigenvalue weighted by Gasteiger charge is 2.21. The summed E-state index contributed by atoms with van der Waals surface area (Å²) in [7, 11) is 6.02. The summed E-state index contributed by atoms with van der Waals surface area (Å²) in [6.45, 7) is 3.94. The zero-order chi connectivity index (χ0) is 22.0. The number of thiazole rings is 1. The Balaban J connectivity index is 1.44. The minimum absolute atomic E-state index is 0.159. The van der Waals surface area contributed by atoms with Gasteiger partial charge in [-0.2, -0.15) is 4.98 Å². The number of nitrogens with one attached hydrogen (secondary N) is 1. The molecule has 164 valence electrons. The van der Waals surface area contributed by atoms with Crippen LogP contribution in [0.3, 0.4) is 0 Å². The second kappa shape index (κ2) is 9.11. The lowest BCUT2D eigenvalue weighted by atomic mass is 10.0. The van der Waals surface area contributed by atoms with Crippen LogP contribution >= 0.6 is 11.3 Å². The third kappa shape index (κ3) is 4.91. The summed E-state index contributed by atoms with van der Waals surface area (Å²) < 4.78 is 14.3. The van der Waals surface area contributed by atoms with Crippen LogP contribution < -0.4 is 15.1 Å². The van der Waals surface area contributed by atoms with E-state index in [1.165, 1.54) is 11.3 Å². The Morgan fingerprint density at radius 2 is 1.87 bits per heavy atom. The highest BCUT2D eigenvalue weighted by molar-refractivity contribution is 7.13. The van der Waals surface area contributed by atoms with Crippen molar-refractivity contribution in [3.63, 3.8) is 0 Å². The molecule has 4 rings (SSSR count). The number of hydrogen-bond donors (Lipinski definition) is 1. The van der Waals surface area contributed by atoms with Gasteiger partial charge < -0.3 is 20.0 Å². The molecule has 0 aromatic carbocycles. The molecule has 0 atom stereocenters. The van der Waals surface area contributed by atoms with Gasteiger partial charge in [0.1, 0.15) is 5.82 Å². The summed E-state index contributed by atoms with van der Waals surface area (Å²) in [4.78, 5) is 23.5. The summed E-state index contributed by atoms with van der Waals surface area (Å²) in [6, 6.07) is 4.58. The van der Waals surface area contributed by atoms with E-state index < -0.39 is 5.82 Å². The zero-order valence-corrected chi connectivity index (χ0v) is 19.0. The van der Waals surface area contributed by atoms with Crippen LogP contribution in [-0.2, 0) is 0 Å². The quantitative estimate of drug-likeness (QED) is 0.618. The topological polar surface area (TPSA) is 73.3 Å². The first-order valence-corrected chi connectivity index (χ1v) is 11.1. The molecule has 8 nitrogen and oxygen atoms in total. The number of hydrogen-bond acceptors (Lipinski definition) is 9. The number of aryl methyl sites for hydroxylation is 1. The Morgan fingerprint density at radius 3 is 2.48 bits per heavy atom. The summed E-state index contributed by atoms with van der Waals surface area (Å²) in [5.74, 6) is 0.540. The predicted octanol–water partition coefficient (Wildman–Crippen LogP) is 3.82. The number of halogens is 1. The molecule has 0 aliphatic carbocycles. The van der Waals surface area contributed by atoms with Gasteiger partial charge in [0.25, 0.3) is 0 Å². The third-order valence-electron chi connectivity index (χ3n) is 5.48. The fraction of sp³-hybridized carbons (Fsp3) is 0.429. The van der Waals surface area contributed by atoms with Gasteiger partial charge in [-0.3, -0.25) is 0 Å². The molecule has 0 spiro atoms. The maximum absolute atomic E-state index is 14.3. The molecule has 0 saturated carbocycles. The minimum Gasteiger partial charge on any atom is -0.370 e. The molecule has 1 saturated heterocycles. The average molecular weight is 443 g/mol. The van der Waals surface area contributed by atoms with Crippen LogP contribution in [0.4, 0.5) is 32.8 Å². The number of rotatable bonds is 6. The fourth-order valence-electron chi connectivity index (χ4n) is 3.64. The standard InChI is InChI=1S/C21H27FN8S/c1-14-13-31-21(25-14)29(4)19-17(22)12-24-20(27-19)26-18-6-5-16(11-23-18)30-9-7-15(8-10-30)28(2)3/h5-6,11-13,15H,7-10H2,1-4H3,(H,23,24,26,27). The van der Waals surface area contributed by atoms with Crippen molar-refractivity contribution in [2.24, 2.45) is 0 Å². The molecule has 1 aliphatic rings. The first kappa shape index (κ1) is 21.4. The van der Waals surface area contributed by atoms with Gasteiger partial charge in [0, 0.05) is 31.6 Å². The molecule has 10 heteroatoms. The van der Waals surface area contributed by atoms with E-state index in [0.717, 1.165) is 43.5 Å². The Bertz CT molecular complexity index is 1010. The maximum Gasteiger partial charge on any atom is 0.230 e. The van der Waals surface area contributed by atoms with Crippen LogP contribution in [0.1, 0.15) is 18.5 Å². The van der Waals surface area contributed by atoms with E-state index in [1.807, 2.05) is 30.6 Å². The summed E-state index contributed by atoms with van der Waals surface area (Å²) in [5, 5.41) is 5.65. The highest BCUT2D eigenvalue weighted by atomic mass is 32.1. The molecule has 1 fully saturated rings. The largest absolute Gasteiger partial charge is 0.370 e. The van der Waals surface area contributed by atoms with Gasteiger partial charge in [0.2, 0.25) is 5.95 Å². The van der Waals surface area contributed by atoms with E-state index in [9.17, 15) is 4.39 Å². The van der Waals surface area contributed by atoms with Gasteiger partial charge in [-0.15, -0.1) is 11.3 Å². The van der Waals surface area contributed by atoms with Gasteiger partial charge in [-0.05, 0) is 46.0 Å². The minimum atomic E-state index is -0.509. The molecule has 1 aliphatic heterocycles. The molecule has 1 N–H and O–H groups in total. The number of pyridine rings is 1. The second-order valence-electron chi connectivity index (χ2n) is 7.90.